The Balaban J connectivity index is 1.83. The van der Waals surface area contributed by atoms with Gasteiger partial charge in [-0.15, -0.1) is 0 Å². The third-order valence-electron chi connectivity index (χ3n) is 3.34. The molecule has 1 aliphatic heterocycles. The van der Waals surface area contributed by atoms with Gasteiger partial charge in [0.25, 0.3) is 0 Å². The Hall–Kier alpha value is -0.610. The minimum Gasteiger partial charge on any atom is -0.368 e. The van der Waals surface area contributed by atoms with Crippen molar-refractivity contribution in [2.24, 2.45) is 0 Å². The molecule has 0 spiro atoms. The van der Waals surface area contributed by atoms with Gasteiger partial charge >= 0.3 is 0 Å². The van der Waals surface area contributed by atoms with E-state index in [9.17, 15) is 0 Å². The van der Waals surface area contributed by atoms with Crippen LogP contribution < -0.4 is 5.32 Å². The summed E-state index contributed by atoms with van der Waals surface area (Å²) in [7, 11) is 0. The SMILES string of the molecule is CC(CNc1ncccc1Br)N1CCCCC1. The highest BCUT2D eigenvalue weighted by atomic mass is 79.9. The molecule has 1 fully saturated rings. The summed E-state index contributed by atoms with van der Waals surface area (Å²) in [6.07, 6.45) is 5.90. The first-order chi connectivity index (χ1) is 8.27. The third kappa shape index (κ3) is 3.68. The van der Waals surface area contributed by atoms with Crippen LogP contribution in [0.3, 0.4) is 0 Å². The monoisotopic (exact) mass is 297 g/mol. The molecule has 0 bridgehead atoms. The van der Waals surface area contributed by atoms with Crippen molar-refractivity contribution in [3.63, 3.8) is 0 Å². The molecule has 1 unspecified atom stereocenters. The molecule has 1 aromatic rings. The number of nitrogens with one attached hydrogen (secondary N) is 1. The first kappa shape index (κ1) is 12.8. The molecule has 1 aliphatic rings. The molecule has 1 aromatic heterocycles. The maximum atomic E-state index is 4.32. The number of hydrogen-bond donors (Lipinski definition) is 1. The zero-order chi connectivity index (χ0) is 12.1. The van der Waals surface area contributed by atoms with E-state index in [0.29, 0.717) is 6.04 Å². The molecule has 3 nitrogen and oxygen atoms in total. The summed E-state index contributed by atoms with van der Waals surface area (Å²) < 4.78 is 1.03. The lowest BCUT2D eigenvalue weighted by Gasteiger charge is -2.32. The van der Waals surface area contributed by atoms with Crippen LogP contribution in [0.2, 0.25) is 0 Å². The summed E-state index contributed by atoms with van der Waals surface area (Å²) in [6.45, 7) is 5.73. The summed E-state index contributed by atoms with van der Waals surface area (Å²) >= 11 is 3.50. The van der Waals surface area contributed by atoms with Crippen LogP contribution >= 0.6 is 15.9 Å². The fourth-order valence-electron chi connectivity index (χ4n) is 2.25. The van der Waals surface area contributed by atoms with E-state index in [1.54, 1.807) is 0 Å². The summed E-state index contributed by atoms with van der Waals surface area (Å²) in [5, 5.41) is 3.41. The van der Waals surface area contributed by atoms with E-state index in [0.717, 1.165) is 16.8 Å². The Morgan fingerprint density at radius 2 is 2.18 bits per heavy atom. The second-order valence-electron chi connectivity index (χ2n) is 4.66. The van der Waals surface area contributed by atoms with Crippen LogP contribution in [0.4, 0.5) is 5.82 Å². The largest absolute Gasteiger partial charge is 0.368 e. The fourth-order valence-corrected chi connectivity index (χ4v) is 2.64. The molecule has 0 saturated carbocycles. The van der Waals surface area contributed by atoms with Gasteiger partial charge in [-0.25, -0.2) is 4.98 Å². The van der Waals surface area contributed by atoms with Gasteiger partial charge in [-0.2, -0.15) is 0 Å². The molecule has 1 N–H and O–H groups in total. The maximum Gasteiger partial charge on any atom is 0.140 e. The number of aromatic nitrogens is 1. The molecular formula is C13H20BrN3. The van der Waals surface area contributed by atoms with Gasteiger partial charge < -0.3 is 5.32 Å². The van der Waals surface area contributed by atoms with E-state index < -0.39 is 0 Å². The zero-order valence-corrected chi connectivity index (χ0v) is 11.9. The molecule has 0 aromatic carbocycles. The van der Waals surface area contributed by atoms with Crippen molar-refractivity contribution in [2.75, 3.05) is 25.0 Å². The van der Waals surface area contributed by atoms with Gasteiger partial charge in [0.1, 0.15) is 5.82 Å². The van der Waals surface area contributed by atoms with E-state index in [2.05, 4.69) is 38.1 Å². The average Bonchev–Trinajstić information content (AvgIpc) is 2.38. The molecule has 1 atom stereocenters. The lowest BCUT2D eigenvalue weighted by Crippen LogP contribution is -2.41. The van der Waals surface area contributed by atoms with Crippen molar-refractivity contribution in [1.82, 2.24) is 9.88 Å². The molecule has 2 heterocycles. The molecule has 17 heavy (non-hydrogen) atoms. The van der Waals surface area contributed by atoms with Crippen LogP contribution in [0.1, 0.15) is 26.2 Å². The van der Waals surface area contributed by atoms with Crippen LogP contribution in [0.25, 0.3) is 0 Å². The van der Waals surface area contributed by atoms with Gasteiger partial charge in [-0.3, -0.25) is 4.90 Å². The number of likely N-dealkylation sites (tertiary alicyclic amines) is 1. The summed E-state index contributed by atoms with van der Waals surface area (Å²) in [5.74, 6) is 0.941. The van der Waals surface area contributed by atoms with Crippen LogP contribution in [-0.4, -0.2) is 35.6 Å². The smallest absolute Gasteiger partial charge is 0.140 e. The summed E-state index contributed by atoms with van der Waals surface area (Å²) in [5.41, 5.74) is 0. The van der Waals surface area contributed by atoms with Gasteiger partial charge in [0.15, 0.2) is 0 Å². The molecule has 94 valence electrons. The van der Waals surface area contributed by atoms with Crippen LogP contribution in [0, 0.1) is 0 Å². The second-order valence-corrected chi connectivity index (χ2v) is 5.51. The number of piperidine rings is 1. The minimum atomic E-state index is 0.573. The number of rotatable bonds is 4. The topological polar surface area (TPSA) is 28.2 Å². The van der Waals surface area contributed by atoms with Gasteiger partial charge in [-0.1, -0.05) is 6.42 Å². The highest BCUT2D eigenvalue weighted by molar-refractivity contribution is 9.10. The normalized spacial score (nSPS) is 18.9. The number of nitrogens with zero attached hydrogens (tertiary/aromatic N) is 2. The highest BCUT2D eigenvalue weighted by Crippen LogP contribution is 2.19. The van der Waals surface area contributed by atoms with E-state index in [4.69, 9.17) is 0 Å². The maximum absolute atomic E-state index is 4.32. The standard InChI is InChI=1S/C13H20BrN3/c1-11(17-8-3-2-4-9-17)10-16-13-12(14)6-5-7-15-13/h5-7,11H,2-4,8-10H2,1H3,(H,15,16). The number of hydrogen-bond acceptors (Lipinski definition) is 3. The predicted octanol–water partition coefficient (Wildman–Crippen LogP) is 3.13. The number of halogens is 1. The van der Waals surface area contributed by atoms with Crippen molar-refractivity contribution in [1.29, 1.82) is 0 Å². The van der Waals surface area contributed by atoms with Gasteiger partial charge in [0.05, 0.1) is 4.47 Å². The molecule has 0 radical (unpaired) electrons. The molecule has 2 rings (SSSR count). The Bertz CT molecular complexity index is 350. The first-order valence-corrected chi connectivity index (χ1v) is 7.15. The average molecular weight is 298 g/mol. The first-order valence-electron chi connectivity index (χ1n) is 6.36. The van der Waals surface area contributed by atoms with Gasteiger partial charge in [-0.05, 0) is 60.9 Å². The van der Waals surface area contributed by atoms with E-state index in [1.165, 1.54) is 32.4 Å². The molecular weight excluding hydrogens is 278 g/mol. The van der Waals surface area contributed by atoms with E-state index >= 15 is 0 Å². The Morgan fingerprint density at radius 3 is 2.88 bits per heavy atom. The number of anilines is 1. The lowest BCUT2D eigenvalue weighted by atomic mass is 10.1. The van der Waals surface area contributed by atoms with Crippen molar-refractivity contribution in [2.45, 2.75) is 32.2 Å². The van der Waals surface area contributed by atoms with Crippen molar-refractivity contribution >= 4 is 21.7 Å². The quantitative estimate of drug-likeness (QED) is 0.925. The predicted molar refractivity (Wildman–Crippen MR) is 75.3 cm³/mol. The van der Waals surface area contributed by atoms with Crippen molar-refractivity contribution < 1.29 is 0 Å². The lowest BCUT2D eigenvalue weighted by molar-refractivity contribution is 0.180. The Morgan fingerprint density at radius 1 is 1.41 bits per heavy atom. The van der Waals surface area contributed by atoms with Gasteiger partial charge in [0.2, 0.25) is 0 Å². The zero-order valence-electron chi connectivity index (χ0n) is 10.3. The fraction of sp³-hybridized carbons (Fsp3) is 0.615. The highest BCUT2D eigenvalue weighted by Gasteiger charge is 2.16. The third-order valence-corrected chi connectivity index (χ3v) is 3.98. The summed E-state index contributed by atoms with van der Waals surface area (Å²) in [4.78, 5) is 6.88. The summed E-state index contributed by atoms with van der Waals surface area (Å²) in [6, 6.07) is 4.52. The Labute approximate surface area is 112 Å². The van der Waals surface area contributed by atoms with E-state index in [1.807, 2.05) is 18.3 Å². The molecule has 4 heteroatoms. The van der Waals surface area contributed by atoms with Crippen molar-refractivity contribution in [3.8, 4) is 0 Å². The number of pyridine rings is 1. The molecule has 0 aliphatic carbocycles. The van der Waals surface area contributed by atoms with Gasteiger partial charge in [0, 0.05) is 18.8 Å². The molecule has 0 amide bonds. The van der Waals surface area contributed by atoms with Crippen molar-refractivity contribution in [3.05, 3.63) is 22.8 Å². The second kappa shape index (κ2) is 6.36. The van der Waals surface area contributed by atoms with Crippen LogP contribution in [-0.2, 0) is 0 Å². The minimum absolute atomic E-state index is 0.573. The van der Waals surface area contributed by atoms with E-state index in [-0.39, 0.29) is 0 Å². The van der Waals surface area contributed by atoms with Crippen LogP contribution in [0.15, 0.2) is 22.8 Å². The Kier molecular flexibility index (Phi) is 4.80. The van der Waals surface area contributed by atoms with Crippen LogP contribution in [0.5, 0.6) is 0 Å². The molecule has 1 saturated heterocycles.